The van der Waals surface area contributed by atoms with Gasteiger partial charge in [0.1, 0.15) is 0 Å². The Balaban J connectivity index is 2.03. The van der Waals surface area contributed by atoms with Crippen LogP contribution < -0.4 is 0 Å². The van der Waals surface area contributed by atoms with Crippen LogP contribution in [0.4, 0.5) is 0 Å². The van der Waals surface area contributed by atoms with E-state index < -0.39 is 0 Å². The van der Waals surface area contributed by atoms with Crippen molar-refractivity contribution in [3.63, 3.8) is 0 Å². The van der Waals surface area contributed by atoms with Crippen LogP contribution in [-0.2, 0) is 15.6 Å². The molecule has 0 atom stereocenters. The average Bonchev–Trinajstić information content (AvgIpc) is 2.47. The van der Waals surface area contributed by atoms with Gasteiger partial charge in [0.2, 0.25) is 0 Å². The maximum absolute atomic E-state index is 6.02. The van der Waals surface area contributed by atoms with Gasteiger partial charge in [-0.1, -0.05) is 38.1 Å². The summed E-state index contributed by atoms with van der Waals surface area (Å²) in [5.74, 6) is 0.575. The maximum atomic E-state index is 6.02. The molecule has 0 radical (unpaired) electrons. The fourth-order valence-corrected chi connectivity index (χ4v) is 2.28. The minimum Gasteiger partial charge on any atom is -0.403 e. The van der Waals surface area contributed by atoms with Crippen molar-refractivity contribution in [3.8, 4) is 0 Å². The summed E-state index contributed by atoms with van der Waals surface area (Å²) in [5.41, 5.74) is 2.16. The van der Waals surface area contributed by atoms with E-state index in [1.54, 1.807) is 0 Å². The molecule has 1 aliphatic rings. The molecule has 1 aliphatic heterocycles. The van der Waals surface area contributed by atoms with E-state index in [-0.39, 0.29) is 18.3 Å². The van der Waals surface area contributed by atoms with E-state index in [1.165, 1.54) is 11.1 Å². The lowest BCUT2D eigenvalue weighted by molar-refractivity contribution is 0.00578. The van der Waals surface area contributed by atoms with Gasteiger partial charge in [0.05, 0.1) is 11.2 Å². The van der Waals surface area contributed by atoms with E-state index in [0.717, 1.165) is 6.32 Å². The van der Waals surface area contributed by atoms with Gasteiger partial charge >= 0.3 is 7.12 Å². The lowest BCUT2D eigenvalue weighted by Crippen LogP contribution is -2.41. The van der Waals surface area contributed by atoms with Crippen molar-refractivity contribution in [1.29, 1.82) is 0 Å². The second-order valence-electron chi connectivity index (χ2n) is 6.79. The summed E-state index contributed by atoms with van der Waals surface area (Å²) >= 11 is 0. The van der Waals surface area contributed by atoms with E-state index >= 15 is 0 Å². The van der Waals surface area contributed by atoms with Crippen LogP contribution in [0.5, 0.6) is 0 Å². The van der Waals surface area contributed by atoms with Crippen LogP contribution in [0.2, 0.25) is 0 Å². The Morgan fingerprint density at radius 2 is 1.42 bits per heavy atom. The number of hydrogen-bond acceptors (Lipinski definition) is 2. The highest BCUT2D eigenvalue weighted by Gasteiger charge is 2.50. The number of hydrogen-bond donors (Lipinski definition) is 0. The molecule has 0 bridgehead atoms. The summed E-state index contributed by atoms with van der Waals surface area (Å²) in [6, 6.07) is 8.76. The third-order valence-corrected chi connectivity index (χ3v) is 4.35. The van der Waals surface area contributed by atoms with Gasteiger partial charge in [-0.2, -0.15) is 0 Å². The minimum atomic E-state index is -0.241. The van der Waals surface area contributed by atoms with E-state index in [2.05, 4.69) is 65.8 Å². The molecule has 0 aliphatic carbocycles. The molecule has 0 unspecified atom stereocenters. The van der Waals surface area contributed by atoms with Gasteiger partial charge in [-0.25, -0.2) is 0 Å². The Bertz CT molecular complexity index is 419. The zero-order valence-corrected chi connectivity index (χ0v) is 13.0. The molecule has 0 N–H and O–H groups in total. The standard InChI is InChI=1S/C16H25BO2/c1-12(2)14-9-7-13(8-10-14)11-17-18-15(3,4)16(5,6)19-17/h7-10,12H,11H2,1-6H3. The molecule has 1 aromatic rings. The highest BCUT2D eigenvalue weighted by Crippen LogP contribution is 2.37. The fraction of sp³-hybridized carbons (Fsp3) is 0.625. The van der Waals surface area contributed by atoms with E-state index in [1.807, 2.05) is 0 Å². The fourth-order valence-electron chi connectivity index (χ4n) is 2.28. The van der Waals surface area contributed by atoms with Crippen LogP contribution in [0.15, 0.2) is 24.3 Å². The summed E-state index contributed by atoms with van der Waals surface area (Å²) in [7, 11) is -0.144. The van der Waals surface area contributed by atoms with Gasteiger partial charge in [-0.3, -0.25) is 0 Å². The van der Waals surface area contributed by atoms with E-state index in [0.29, 0.717) is 5.92 Å². The Labute approximate surface area is 117 Å². The van der Waals surface area contributed by atoms with Crippen molar-refractivity contribution in [2.45, 2.75) is 65.0 Å². The Kier molecular flexibility index (Phi) is 3.81. The predicted octanol–water partition coefficient (Wildman–Crippen LogP) is 3.98. The first kappa shape index (κ1) is 14.6. The first-order valence-electron chi connectivity index (χ1n) is 7.16. The normalized spacial score (nSPS) is 21.1. The number of rotatable bonds is 3. The molecular formula is C16H25BO2. The molecule has 0 aromatic heterocycles. The summed E-state index contributed by atoms with van der Waals surface area (Å²) in [6.45, 7) is 12.8. The topological polar surface area (TPSA) is 18.5 Å². The average molecular weight is 260 g/mol. The molecular weight excluding hydrogens is 235 g/mol. The third-order valence-electron chi connectivity index (χ3n) is 4.35. The van der Waals surface area contributed by atoms with Crippen LogP contribution in [0.3, 0.4) is 0 Å². The Morgan fingerprint density at radius 3 is 1.84 bits per heavy atom. The summed E-state index contributed by atoms with van der Waals surface area (Å²) in [4.78, 5) is 0. The molecule has 0 spiro atoms. The van der Waals surface area contributed by atoms with Crippen LogP contribution >= 0.6 is 0 Å². The summed E-state index contributed by atoms with van der Waals surface area (Å²) in [5, 5.41) is 0. The monoisotopic (exact) mass is 260 g/mol. The van der Waals surface area contributed by atoms with Gasteiger partial charge < -0.3 is 9.31 Å². The van der Waals surface area contributed by atoms with Crippen LogP contribution in [0.25, 0.3) is 0 Å². The van der Waals surface area contributed by atoms with Crippen LogP contribution in [-0.4, -0.2) is 18.3 Å². The zero-order chi connectivity index (χ0) is 14.3. The van der Waals surface area contributed by atoms with Gasteiger partial charge in [0, 0.05) is 6.32 Å². The molecule has 1 heterocycles. The molecule has 0 saturated carbocycles. The second-order valence-corrected chi connectivity index (χ2v) is 6.79. The van der Waals surface area contributed by atoms with Gasteiger partial charge in [-0.05, 0) is 44.7 Å². The first-order chi connectivity index (χ1) is 8.71. The predicted molar refractivity (Wildman–Crippen MR) is 80.3 cm³/mol. The Hall–Kier alpha value is -0.795. The Morgan fingerprint density at radius 1 is 0.947 bits per heavy atom. The van der Waals surface area contributed by atoms with Crippen molar-refractivity contribution in [1.82, 2.24) is 0 Å². The summed E-state index contributed by atoms with van der Waals surface area (Å²) in [6.07, 6.45) is 0.811. The molecule has 0 amide bonds. The first-order valence-corrected chi connectivity index (χ1v) is 7.16. The largest absolute Gasteiger partial charge is 0.462 e. The lowest BCUT2D eigenvalue weighted by atomic mass is 9.80. The second kappa shape index (κ2) is 4.95. The highest BCUT2D eigenvalue weighted by atomic mass is 16.7. The minimum absolute atomic E-state index is 0.144. The van der Waals surface area contributed by atoms with Crippen molar-refractivity contribution in [2.24, 2.45) is 0 Å². The van der Waals surface area contributed by atoms with Crippen molar-refractivity contribution >= 4 is 7.12 Å². The molecule has 1 saturated heterocycles. The van der Waals surface area contributed by atoms with Gasteiger partial charge in [-0.15, -0.1) is 0 Å². The zero-order valence-electron chi connectivity index (χ0n) is 13.0. The van der Waals surface area contributed by atoms with Crippen molar-refractivity contribution < 1.29 is 9.31 Å². The van der Waals surface area contributed by atoms with Crippen molar-refractivity contribution in [3.05, 3.63) is 35.4 Å². The SMILES string of the molecule is CC(C)c1ccc(CB2OC(C)(C)C(C)(C)O2)cc1. The van der Waals surface area contributed by atoms with Crippen molar-refractivity contribution in [2.75, 3.05) is 0 Å². The molecule has 104 valence electrons. The molecule has 3 heteroatoms. The molecule has 2 nitrogen and oxygen atoms in total. The third kappa shape index (κ3) is 3.03. The van der Waals surface area contributed by atoms with Gasteiger partial charge in [0.25, 0.3) is 0 Å². The maximum Gasteiger partial charge on any atom is 0.462 e. The molecule has 1 aromatic carbocycles. The smallest absolute Gasteiger partial charge is 0.403 e. The molecule has 1 fully saturated rings. The highest BCUT2D eigenvalue weighted by molar-refractivity contribution is 6.45. The van der Waals surface area contributed by atoms with Gasteiger partial charge in [0.15, 0.2) is 0 Å². The van der Waals surface area contributed by atoms with E-state index in [9.17, 15) is 0 Å². The molecule has 2 rings (SSSR count). The van der Waals surface area contributed by atoms with Crippen LogP contribution in [0.1, 0.15) is 58.6 Å². The van der Waals surface area contributed by atoms with E-state index in [4.69, 9.17) is 9.31 Å². The van der Waals surface area contributed by atoms with Crippen LogP contribution in [0, 0.1) is 0 Å². The molecule has 19 heavy (non-hydrogen) atoms. The quantitative estimate of drug-likeness (QED) is 0.765. The lowest BCUT2D eigenvalue weighted by Gasteiger charge is -2.32. The number of benzene rings is 1. The summed E-state index contributed by atoms with van der Waals surface area (Å²) < 4.78 is 12.0.